The maximum Gasteiger partial charge on any atom is 0.243 e. The molecule has 69 heavy (non-hydrogen) atoms. The molecule has 7 unspecified atom stereocenters. The van der Waals surface area contributed by atoms with Crippen LogP contribution in [0, 0.1) is 23.7 Å². The number of carbonyl (C=O) groups excluding carboxylic acids is 7. The van der Waals surface area contributed by atoms with Gasteiger partial charge in [0, 0.05) is 49.9 Å². The van der Waals surface area contributed by atoms with Crippen molar-refractivity contribution < 1.29 is 33.6 Å². The Balaban J connectivity index is 5.77. The molecule has 0 saturated carbocycles. The van der Waals surface area contributed by atoms with Gasteiger partial charge in [-0.15, -0.1) is 0 Å². The summed E-state index contributed by atoms with van der Waals surface area (Å²) in [6.45, 7) is 20.2. The molecule has 0 aromatic rings. The van der Waals surface area contributed by atoms with Gasteiger partial charge in [-0.05, 0) is 83.5 Å². The molecule has 0 fully saturated rings. The Labute approximate surface area is 420 Å². The first-order valence-corrected chi connectivity index (χ1v) is 28.2. The fourth-order valence-corrected chi connectivity index (χ4v) is 8.27. The van der Waals surface area contributed by atoms with Crippen LogP contribution in [-0.4, -0.2) is 85.7 Å². The minimum atomic E-state index is -0.852. The third-order valence-corrected chi connectivity index (χ3v) is 13.4. The molecule has 402 valence electrons. The van der Waals surface area contributed by atoms with Crippen LogP contribution in [0.3, 0.4) is 0 Å². The lowest BCUT2D eigenvalue weighted by Crippen LogP contribution is -2.54. The quantitative estimate of drug-likeness (QED) is 0.0294. The van der Waals surface area contributed by atoms with Crippen molar-refractivity contribution in [1.82, 2.24) is 37.2 Å². The van der Waals surface area contributed by atoms with Crippen LogP contribution in [0.2, 0.25) is 0 Å². The third kappa shape index (κ3) is 33.5. The highest BCUT2D eigenvalue weighted by molar-refractivity contribution is 5.92. The van der Waals surface area contributed by atoms with Crippen LogP contribution in [0.15, 0.2) is 0 Å². The fraction of sp³-hybridized carbons (Fsp3) is 0.873. The SMILES string of the molecule is CCCCCNC(=O)C(C)CCCCNC(=O)C(CCCCNC(=O)C(CCCCNC(=O)C(C)CCCCC)NC(=O)C(C)CCCCC)NC(=O)C(CCCCC)NC(=O)C(C)CCCCC. The summed E-state index contributed by atoms with van der Waals surface area (Å²) in [5.41, 5.74) is 0. The zero-order chi connectivity index (χ0) is 51.7. The molecule has 0 aliphatic heterocycles. The van der Waals surface area contributed by atoms with Crippen LogP contribution in [-0.2, 0) is 33.6 Å². The minimum Gasteiger partial charge on any atom is -0.356 e. The lowest BCUT2D eigenvalue weighted by Gasteiger charge is -2.24. The van der Waals surface area contributed by atoms with Gasteiger partial charge in [-0.2, -0.15) is 0 Å². The van der Waals surface area contributed by atoms with Crippen LogP contribution in [0.25, 0.3) is 0 Å². The van der Waals surface area contributed by atoms with Crippen molar-refractivity contribution in [3.05, 3.63) is 0 Å². The molecular weight excluding hydrogens is 871 g/mol. The number of amides is 7. The van der Waals surface area contributed by atoms with Gasteiger partial charge in [0.2, 0.25) is 41.4 Å². The van der Waals surface area contributed by atoms with Crippen molar-refractivity contribution in [1.29, 1.82) is 0 Å². The first-order valence-electron chi connectivity index (χ1n) is 28.2. The first-order chi connectivity index (χ1) is 33.2. The van der Waals surface area contributed by atoms with Gasteiger partial charge < -0.3 is 37.2 Å². The van der Waals surface area contributed by atoms with Crippen LogP contribution in [0.5, 0.6) is 0 Å². The predicted octanol–water partition coefficient (Wildman–Crippen LogP) is 9.47. The molecule has 0 radical (unpaired) electrons. The maximum absolute atomic E-state index is 13.9. The molecule has 14 nitrogen and oxygen atoms in total. The van der Waals surface area contributed by atoms with E-state index in [0.717, 1.165) is 122 Å². The second-order valence-electron chi connectivity index (χ2n) is 20.1. The Morgan fingerprint density at radius 1 is 0.261 bits per heavy atom. The van der Waals surface area contributed by atoms with Gasteiger partial charge in [0.25, 0.3) is 0 Å². The average Bonchev–Trinajstić information content (AvgIpc) is 3.33. The van der Waals surface area contributed by atoms with Crippen molar-refractivity contribution in [2.24, 2.45) is 23.7 Å². The summed E-state index contributed by atoms with van der Waals surface area (Å²) in [6, 6.07) is -2.33. The molecule has 0 heterocycles. The zero-order valence-corrected chi connectivity index (χ0v) is 45.5. The summed E-state index contributed by atoms with van der Waals surface area (Å²) in [7, 11) is 0. The number of nitrogens with one attached hydrogen (secondary N) is 7. The maximum atomic E-state index is 13.9. The lowest BCUT2D eigenvalue weighted by molar-refractivity contribution is -0.133. The van der Waals surface area contributed by atoms with Gasteiger partial charge in [0.05, 0.1) is 0 Å². The van der Waals surface area contributed by atoms with Gasteiger partial charge in [0.1, 0.15) is 18.1 Å². The summed E-state index contributed by atoms with van der Waals surface area (Å²) in [6.07, 6.45) is 23.3. The summed E-state index contributed by atoms with van der Waals surface area (Å²) in [5, 5.41) is 21.1. The van der Waals surface area contributed by atoms with E-state index in [1.807, 2.05) is 27.7 Å². The van der Waals surface area contributed by atoms with Crippen molar-refractivity contribution in [2.75, 3.05) is 26.2 Å². The number of hydrogen-bond donors (Lipinski definition) is 7. The van der Waals surface area contributed by atoms with E-state index in [2.05, 4.69) is 71.8 Å². The molecule has 7 amide bonds. The molecule has 0 aliphatic carbocycles. The third-order valence-electron chi connectivity index (χ3n) is 13.4. The highest BCUT2D eigenvalue weighted by atomic mass is 16.2. The first kappa shape index (κ1) is 65.3. The smallest absolute Gasteiger partial charge is 0.243 e. The number of rotatable bonds is 45. The molecular formula is C55H105N7O7. The van der Waals surface area contributed by atoms with E-state index >= 15 is 0 Å². The van der Waals surface area contributed by atoms with Crippen molar-refractivity contribution in [3.63, 3.8) is 0 Å². The van der Waals surface area contributed by atoms with E-state index in [0.29, 0.717) is 84.0 Å². The molecule has 0 rings (SSSR count). The van der Waals surface area contributed by atoms with Gasteiger partial charge in [-0.1, -0.05) is 159 Å². The molecule has 0 bridgehead atoms. The van der Waals surface area contributed by atoms with Crippen molar-refractivity contribution >= 4 is 41.4 Å². The molecule has 0 aromatic heterocycles. The van der Waals surface area contributed by atoms with E-state index < -0.39 is 18.1 Å². The summed E-state index contributed by atoms with van der Waals surface area (Å²) >= 11 is 0. The van der Waals surface area contributed by atoms with E-state index in [-0.39, 0.29) is 65.0 Å². The highest BCUT2D eigenvalue weighted by Crippen LogP contribution is 2.15. The number of hydrogen-bond acceptors (Lipinski definition) is 7. The Kier molecular flexibility index (Phi) is 40.8. The van der Waals surface area contributed by atoms with Crippen molar-refractivity contribution in [3.8, 4) is 0 Å². The predicted molar refractivity (Wildman–Crippen MR) is 282 cm³/mol. The summed E-state index contributed by atoms with van der Waals surface area (Å²) in [5.74, 6) is -1.75. The van der Waals surface area contributed by atoms with Crippen LogP contribution in [0.4, 0.5) is 0 Å². The second kappa shape index (κ2) is 43.1. The van der Waals surface area contributed by atoms with Crippen LogP contribution in [0.1, 0.15) is 242 Å². The highest BCUT2D eigenvalue weighted by Gasteiger charge is 2.28. The number of unbranched alkanes of at least 4 members (excludes halogenated alkanes) is 13. The van der Waals surface area contributed by atoms with Gasteiger partial charge in [0.15, 0.2) is 0 Å². The molecule has 14 heteroatoms. The summed E-state index contributed by atoms with van der Waals surface area (Å²) < 4.78 is 0. The second-order valence-corrected chi connectivity index (χ2v) is 20.1. The van der Waals surface area contributed by atoms with E-state index in [1.54, 1.807) is 0 Å². The standard InChI is InChI=1S/C55H105N7O7/c1-10-15-20-31-42(6)49(63)57-39-29-25-36-46(60-51(65)44(8)32-21-16-11-2)53(67)59-41-30-26-37-47(54(68)58-40-28-24-34-43(7)50(64)56-38-27-19-14-5)62-55(69)48(35-23-18-13-4)61-52(66)45(9)33-22-17-12-3/h42-48H,10-41H2,1-9H3,(H,56,64)(H,57,63)(H,58,68)(H,59,67)(H,60,65)(H,61,66)(H,62,69). The van der Waals surface area contributed by atoms with E-state index in [4.69, 9.17) is 0 Å². The lowest BCUT2D eigenvalue weighted by atomic mass is 10.0. The topological polar surface area (TPSA) is 204 Å². The molecule has 0 saturated heterocycles. The van der Waals surface area contributed by atoms with Crippen LogP contribution < -0.4 is 37.2 Å². The zero-order valence-electron chi connectivity index (χ0n) is 45.5. The Morgan fingerprint density at radius 2 is 0.478 bits per heavy atom. The minimum absolute atomic E-state index is 0.0380. The average molecular weight is 976 g/mol. The van der Waals surface area contributed by atoms with Crippen molar-refractivity contribution in [2.45, 2.75) is 260 Å². The fourth-order valence-electron chi connectivity index (χ4n) is 8.27. The van der Waals surface area contributed by atoms with E-state index in [1.165, 1.54) is 0 Å². The molecule has 7 N–H and O–H groups in total. The Bertz CT molecular complexity index is 1400. The van der Waals surface area contributed by atoms with Gasteiger partial charge in [-0.25, -0.2) is 0 Å². The molecule has 7 atom stereocenters. The molecule has 0 aliphatic rings. The monoisotopic (exact) mass is 976 g/mol. The Hall–Kier alpha value is -3.71. The largest absolute Gasteiger partial charge is 0.356 e. The Morgan fingerprint density at radius 3 is 0.812 bits per heavy atom. The van der Waals surface area contributed by atoms with Gasteiger partial charge in [-0.3, -0.25) is 33.6 Å². The van der Waals surface area contributed by atoms with Gasteiger partial charge >= 0.3 is 0 Å². The normalized spacial score (nSPS) is 14.3. The van der Waals surface area contributed by atoms with Crippen LogP contribution >= 0.6 is 0 Å². The molecule has 0 aromatic carbocycles. The van der Waals surface area contributed by atoms with E-state index in [9.17, 15) is 33.6 Å². The summed E-state index contributed by atoms with van der Waals surface area (Å²) in [4.78, 5) is 93.0. The molecule has 0 spiro atoms. The number of carbonyl (C=O) groups is 7.